The number of aliphatic hydroxyl groups excluding tert-OH is 3. The monoisotopic (exact) mass is 164 g/mol. The van der Waals surface area contributed by atoms with Crippen molar-refractivity contribution in [3.8, 4) is 0 Å². The molecule has 0 aliphatic carbocycles. The Kier molecular flexibility index (Phi) is 6.39. The van der Waals surface area contributed by atoms with Crippen LogP contribution in [0.3, 0.4) is 0 Å². The summed E-state index contributed by atoms with van der Waals surface area (Å²) in [5.41, 5.74) is 5.12. The molecule has 0 saturated heterocycles. The number of nitrogens with one attached hydrogen (secondary N) is 1. The maximum atomic E-state index is 8.91. The average molecular weight is 164 g/mol. The predicted molar refractivity (Wildman–Crippen MR) is 41.0 cm³/mol. The summed E-state index contributed by atoms with van der Waals surface area (Å²) in [6, 6.07) is 0. The Bertz CT molecular complexity index is 81.9. The summed E-state index contributed by atoms with van der Waals surface area (Å²) >= 11 is 0. The molecule has 0 aromatic heterocycles. The zero-order valence-corrected chi connectivity index (χ0v) is 6.40. The van der Waals surface area contributed by atoms with E-state index in [0.717, 1.165) is 0 Å². The lowest BCUT2D eigenvalue weighted by Crippen LogP contribution is -2.37. The number of aliphatic hydroxyl groups is 3. The van der Waals surface area contributed by atoms with Crippen molar-refractivity contribution in [1.29, 1.82) is 0 Å². The van der Waals surface area contributed by atoms with Crippen molar-refractivity contribution < 1.29 is 15.3 Å². The molecule has 0 aromatic rings. The highest BCUT2D eigenvalue weighted by Crippen LogP contribution is 1.78. The van der Waals surface area contributed by atoms with Gasteiger partial charge in [-0.15, -0.1) is 0 Å². The lowest BCUT2D eigenvalue weighted by atomic mass is 10.3. The van der Waals surface area contributed by atoms with E-state index in [1.165, 1.54) is 0 Å². The molecule has 11 heavy (non-hydrogen) atoms. The standard InChI is InChI=1S/C6H16N2O3/c7-1-5(10)2-8-3-6(11)4-9/h5-6,8-11H,1-4,7H2. The second-order valence-corrected chi connectivity index (χ2v) is 2.38. The van der Waals surface area contributed by atoms with Crippen molar-refractivity contribution in [2.24, 2.45) is 5.73 Å². The first kappa shape index (κ1) is 10.8. The summed E-state index contributed by atoms with van der Waals surface area (Å²) in [6.45, 7) is 0.537. The van der Waals surface area contributed by atoms with Crippen LogP contribution in [0, 0.1) is 0 Å². The Labute approximate surface area is 65.8 Å². The van der Waals surface area contributed by atoms with Crippen LogP contribution >= 0.6 is 0 Å². The zero-order chi connectivity index (χ0) is 8.69. The van der Waals surface area contributed by atoms with Crippen LogP contribution in [-0.2, 0) is 0 Å². The summed E-state index contributed by atoms with van der Waals surface area (Å²) in [5.74, 6) is 0. The molecule has 0 rings (SSSR count). The van der Waals surface area contributed by atoms with Crippen molar-refractivity contribution >= 4 is 0 Å². The molecule has 0 aromatic carbocycles. The fraction of sp³-hybridized carbons (Fsp3) is 1.00. The second kappa shape index (κ2) is 6.51. The number of nitrogens with two attached hydrogens (primary N) is 1. The Hall–Kier alpha value is -0.200. The third kappa shape index (κ3) is 6.21. The minimum Gasteiger partial charge on any atom is -0.394 e. The summed E-state index contributed by atoms with van der Waals surface area (Å²) < 4.78 is 0. The van der Waals surface area contributed by atoms with Gasteiger partial charge in [0.25, 0.3) is 0 Å². The van der Waals surface area contributed by atoms with E-state index >= 15 is 0 Å². The highest BCUT2D eigenvalue weighted by atomic mass is 16.3. The first-order valence-electron chi connectivity index (χ1n) is 3.58. The van der Waals surface area contributed by atoms with Gasteiger partial charge in [-0.2, -0.15) is 0 Å². The molecule has 2 unspecified atom stereocenters. The van der Waals surface area contributed by atoms with E-state index in [-0.39, 0.29) is 19.7 Å². The van der Waals surface area contributed by atoms with Gasteiger partial charge < -0.3 is 26.4 Å². The third-order valence-electron chi connectivity index (χ3n) is 1.24. The third-order valence-corrected chi connectivity index (χ3v) is 1.24. The van der Waals surface area contributed by atoms with Gasteiger partial charge in [0.2, 0.25) is 0 Å². The van der Waals surface area contributed by atoms with Crippen LogP contribution in [-0.4, -0.2) is 53.8 Å². The van der Waals surface area contributed by atoms with Crippen LogP contribution in [0.2, 0.25) is 0 Å². The summed E-state index contributed by atoms with van der Waals surface area (Å²) in [4.78, 5) is 0. The molecule has 68 valence electrons. The highest BCUT2D eigenvalue weighted by Gasteiger charge is 2.03. The van der Waals surface area contributed by atoms with E-state index < -0.39 is 12.2 Å². The van der Waals surface area contributed by atoms with Crippen LogP contribution < -0.4 is 11.1 Å². The Morgan fingerprint density at radius 2 is 1.73 bits per heavy atom. The fourth-order valence-corrected chi connectivity index (χ4v) is 0.564. The molecular weight excluding hydrogens is 148 g/mol. The Morgan fingerprint density at radius 1 is 1.18 bits per heavy atom. The van der Waals surface area contributed by atoms with E-state index in [0.29, 0.717) is 6.54 Å². The first-order valence-corrected chi connectivity index (χ1v) is 3.58. The Balaban J connectivity index is 3.13. The van der Waals surface area contributed by atoms with Crippen LogP contribution in [0.1, 0.15) is 0 Å². The van der Waals surface area contributed by atoms with Crippen molar-refractivity contribution in [3.05, 3.63) is 0 Å². The molecule has 5 nitrogen and oxygen atoms in total. The van der Waals surface area contributed by atoms with Gasteiger partial charge in [0.05, 0.1) is 18.8 Å². The summed E-state index contributed by atoms with van der Waals surface area (Å²) in [7, 11) is 0. The number of hydrogen-bond donors (Lipinski definition) is 5. The van der Waals surface area contributed by atoms with E-state index in [1.54, 1.807) is 0 Å². The minimum absolute atomic E-state index is 0.197. The van der Waals surface area contributed by atoms with Crippen molar-refractivity contribution in [2.45, 2.75) is 12.2 Å². The van der Waals surface area contributed by atoms with Gasteiger partial charge in [0.15, 0.2) is 0 Å². The van der Waals surface area contributed by atoms with Crippen LogP contribution in [0.15, 0.2) is 0 Å². The van der Waals surface area contributed by atoms with Crippen molar-refractivity contribution in [3.63, 3.8) is 0 Å². The quantitative estimate of drug-likeness (QED) is 0.293. The zero-order valence-electron chi connectivity index (χ0n) is 6.40. The van der Waals surface area contributed by atoms with Gasteiger partial charge >= 0.3 is 0 Å². The number of hydrogen-bond acceptors (Lipinski definition) is 5. The largest absolute Gasteiger partial charge is 0.394 e. The van der Waals surface area contributed by atoms with Crippen molar-refractivity contribution in [2.75, 3.05) is 26.2 Å². The van der Waals surface area contributed by atoms with Crippen LogP contribution in [0.4, 0.5) is 0 Å². The maximum absolute atomic E-state index is 8.91. The summed E-state index contributed by atoms with van der Waals surface area (Å²) in [6.07, 6.45) is -1.35. The maximum Gasteiger partial charge on any atom is 0.0894 e. The molecule has 0 bridgehead atoms. The average Bonchev–Trinajstić information content (AvgIpc) is 2.04. The second-order valence-electron chi connectivity index (χ2n) is 2.38. The molecule has 0 fully saturated rings. The topological polar surface area (TPSA) is 98.7 Å². The molecule has 5 heteroatoms. The van der Waals surface area contributed by atoms with Gasteiger partial charge in [-0.3, -0.25) is 0 Å². The van der Waals surface area contributed by atoms with E-state index in [1.807, 2.05) is 0 Å². The van der Waals surface area contributed by atoms with Gasteiger partial charge in [0.1, 0.15) is 0 Å². The smallest absolute Gasteiger partial charge is 0.0894 e. The normalized spacial score (nSPS) is 16.4. The molecule has 0 saturated carbocycles. The highest BCUT2D eigenvalue weighted by molar-refractivity contribution is 4.62. The Morgan fingerprint density at radius 3 is 2.18 bits per heavy atom. The van der Waals surface area contributed by atoms with Crippen LogP contribution in [0.5, 0.6) is 0 Å². The molecule has 0 aliphatic rings. The molecular formula is C6H16N2O3. The van der Waals surface area contributed by atoms with Crippen LogP contribution in [0.25, 0.3) is 0 Å². The molecule has 0 radical (unpaired) electrons. The van der Waals surface area contributed by atoms with Gasteiger partial charge in [0, 0.05) is 19.6 Å². The van der Waals surface area contributed by atoms with E-state index in [2.05, 4.69) is 5.32 Å². The van der Waals surface area contributed by atoms with Crippen molar-refractivity contribution in [1.82, 2.24) is 5.32 Å². The van der Waals surface area contributed by atoms with Gasteiger partial charge in [-0.25, -0.2) is 0 Å². The minimum atomic E-state index is -0.764. The van der Waals surface area contributed by atoms with Gasteiger partial charge in [-0.1, -0.05) is 0 Å². The van der Waals surface area contributed by atoms with Gasteiger partial charge in [-0.05, 0) is 0 Å². The van der Waals surface area contributed by atoms with E-state index in [9.17, 15) is 0 Å². The molecule has 0 amide bonds. The summed E-state index contributed by atoms with van der Waals surface area (Å²) in [5, 5.41) is 28.9. The SMILES string of the molecule is NCC(O)CNCC(O)CO. The first-order chi connectivity index (χ1) is 5.20. The fourth-order valence-electron chi connectivity index (χ4n) is 0.564. The predicted octanol–water partition coefficient (Wildman–Crippen LogP) is -2.75. The molecule has 6 N–H and O–H groups in total. The van der Waals surface area contributed by atoms with E-state index in [4.69, 9.17) is 21.1 Å². The number of rotatable bonds is 6. The lowest BCUT2D eigenvalue weighted by molar-refractivity contribution is 0.0897. The molecule has 0 spiro atoms. The molecule has 0 heterocycles. The molecule has 2 atom stereocenters. The lowest BCUT2D eigenvalue weighted by Gasteiger charge is -2.11. The molecule has 0 aliphatic heterocycles.